The molecule has 6 atom stereocenters. The molecule has 0 aromatic carbocycles. The largest absolute Gasteiger partial charge is 0.444 e. The smallest absolute Gasteiger partial charge is 0.407 e. The molecule has 7 heteroatoms. The van der Waals surface area contributed by atoms with Crippen molar-refractivity contribution >= 4 is 12.1 Å². The Kier molecular flexibility index (Phi) is 9.83. The lowest BCUT2D eigenvalue weighted by molar-refractivity contribution is -0.212. The van der Waals surface area contributed by atoms with Crippen molar-refractivity contribution in [2.45, 2.75) is 118 Å². The summed E-state index contributed by atoms with van der Waals surface area (Å²) in [4.78, 5) is 24.3. The Morgan fingerprint density at radius 3 is 2.44 bits per heavy atom. The molecular formula is C25H45NO6. The van der Waals surface area contributed by atoms with Crippen molar-refractivity contribution in [3.63, 3.8) is 0 Å². The van der Waals surface area contributed by atoms with Crippen LogP contribution in [0.5, 0.6) is 0 Å². The lowest BCUT2D eigenvalue weighted by atomic mass is 9.75. The van der Waals surface area contributed by atoms with Crippen molar-refractivity contribution in [2.24, 2.45) is 23.7 Å². The molecule has 2 aliphatic rings. The molecule has 7 nitrogen and oxygen atoms in total. The van der Waals surface area contributed by atoms with E-state index in [9.17, 15) is 9.59 Å². The van der Waals surface area contributed by atoms with Crippen LogP contribution >= 0.6 is 0 Å². The zero-order valence-electron chi connectivity index (χ0n) is 21.3. The average Bonchev–Trinajstić information content (AvgIpc) is 2.96. The van der Waals surface area contributed by atoms with Crippen LogP contribution in [0.25, 0.3) is 0 Å². The van der Waals surface area contributed by atoms with Gasteiger partial charge in [-0.2, -0.15) is 0 Å². The molecule has 0 radical (unpaired) electrons. The summed E-state index contributed by atoms with van der Waals surface area (Å²) in [6.07, 6.45) is 2.65. The predicted molar refractivity (Wildman–Crippen MR) is 123 cm³/mol. The van der Waals surface area contributed by atoms with Gasteiger partial charge in [0.1, 0.15) is 11.7 Å². The van der Waals surface area contributed by atoms with E-state index in [1.165, 1.54) is 6.42 Å². The van der Waals surface area contributed by atoms with E-state index >= 15 is 0 Å². The average molecular weight is 456 g/mol. The van der Waals surface area contributed by atoms with Gasteiger partial charge in [0.2, 0.25) is 6.29 Å². The van der Waals surface area contributed by atoms with Crippen molar-refractivity contribution in [1.82, 2.24) is 5.32 Å². The molecule has 1 amide bonds. The number of amides is 1. The Morgan fingerprint density at radius 1 is 1.16 bits per heavy atom. The van der Waals surface area contributed by atoms with E-state index in [0.29, 0.717) is 23.7 Å². The van der Waals surface area contributed by atoms with Crippen LogP contribution in [0.4, 0.5) is 4.79 Å². The quantitative estimate of drug-likeness (QED) is 0.489. The first-order valence-corrected chi connectivity index (χ1v) is 12.3. The van der Waals surface area contributed by atoms with Gasteiger partial charge in [-0.05, 0) is 63.7 Å². The monoisotopic (exact) mass is 455 g/mol. The van der Waals surface area contributed by atoms with Gasteiger partial charge in [-0.15, -0.1) is 0 Å². The number of rotatable bonds is 9. The van der Waals surface area contributed by atoms with Gasteiger partial charge in [-0.25, -0.2) is 4.79 Å². The molecule has 0 aromatic rings. The van der Waals surface area contributed by atoms with Crippen LogP contribution < -0.4 is 5.32 Å². The van der Waals surface area contributed by atoms with Crippen LogP contribution in [0.1, 0.15) is 87.5 Å². The first-order chi connectivity index (χ1) is 14.8. The summed E-state index contributed by atoms with van der Waals surface area (Å²) in [5.74, 6) is 1.62. The second-order valence-electron chi connectivity index (χ2n) is 11.4. The van der Waals surface area contributed by atoms with Crippen LogP contribution in [-0.4, -0.2) is 48.8 Å². The number of carbonyl (C=O) groups is 2. The number of esters is 1. The van der Waals surface area contributed by atoms with Crippen molar-refractivity contribution in [1.29, 1.82) is 0 Å². The first-order valence-electron chi connectivity index (χ1n) is 12.3. The highest BCUT2D eigenvalue weighted by Gasteiger charge is 2.41. The Labute approximate surface area is 194 Å². The predicted octanol–water partition coefficient (Wildman–Crippen LogP) is 5.06. The summed E-state index contributed by atoms with van der Waals surface area (Å²) in [5, 5.41) is 2.91. The highest BCUT2D eigenvalue weighted by Crippen LogP contribution is 2.37. The maximum atomic E-state index is 12.3. The van der Waals surface area contributed by atoms with E-state index in [0.717, 1.165) is 19.3 Å². The third kappa shape index (κ3) is 8.89. The molecule has 32 heavy (non-hydrogen) atoms. The highest BCUT2D eigenvalue weighted by molar-refractivity contribution is 5.72. The van der Waals surface area contributed by atoms with Gasteiger partial charge in [0.25, 0.3) is 0 Å². The Balaban J connectivity index is 1.98. The lowest BCUT2D eigenvalue weighted by Gasteiger charge is -2.38. The summed E-state index contributed by atoms with van der Waals surface area (Å²) < 4.78 is 23.4. The Morgan fingerprint density at radius 2 is 1.84 bits per heavy atom. The molecule has 0 spiro atoms. The molecule has 1 aliphatic heterocycles. The van der Waals surface area contributed by atoms with E-state index in [2.05, 4.69) is 39.9 Å². The van der Waals surface area contributed by atoms with Gasteiger partial charge in [-0.3, -0.25) is 4.79 Å². The minimum atomic E-state index is -0.694. The van der Waals surface area contributed by atoms with Gasteiger partial charge in [0.15, 0.2) is 0 Å². The second kappa shape index (κ2) is 11.7. The number of nitrogens with one attached hydrogen (secondary N) is 1. The van der Waals surface area contributed by atoms with Crippen LogP contribution in [0, 0.1) is 23.7 Å². The molecule has 1 heterocycles. The summed E-state index contributed by atoms with van der Waals surface area (Å²) in [5.41, 5.74) is -0.567. The van der Waals surface area contributed by atoms with Gasteiger partial charge in [-0.1, -0.05) is 41.0 Å². The van der Waals surface area contributed by atoms with Gasteiger partial charge in [0, 0.05) is 0 Å². The van der Waals surface area contributed by atoms with Gasteiger partial charge < -0.3 is 24.3 Å². The maximum Gasteiger partial charge on any atom is 0.407 e. The third-order valence-electron chi connectivity index (χ3n) is 6.18. The summed E-state index contributed by atoms with van der Waals surface area (Å²) in [7, 11) is 0. The number of cyclic esters (lactones) is 1. The lowest BCUT2D eigenvalue weighted by Crippen LogP contribution is -2.44. The minimum Gasteiger partial charge on any atom is -0.444 e. The highest BCUT2D eigenvalue weighted by atomic mass is 16.7. The molecule has 186 valence electrons. The fraction of sp³-hybridized carbons (Fsp3) is 0.920. The van der Waals surface area contributed by atoms with Crippen molar-refractivity contribution in [3.05, 3.63) is 0 Å². The molecule has 1 N–H and O–H groups in total. The molecule has 1 aliphatic carbocycles. The number of ether oxygens (including phenoxy) is 4. The topological polar surface area (TPSA) is 83.1 Å². The van der Waals surface area contributed by atoms with Gasteiger partial charge >= 0.3 is 12.1 Å². The van der Waals surface area contributed by atoms with Crippen LogP contribution in [-0.2, 0) is 23.7 Å². The Hall–Kier alpha value is -1.34. The van der Waals surface area contributed by atoms with E-state index in [1.807, 2.05) is 20.8 Å². The molecule has 1 saturated heterocycles. The fourth-order valence-electron chi connectivity index (χ4n) is 4.66. The molecular weight excluding hydrogens is 410 g/mol. The summed E-state index contributed by atoms with van der Waals surface area (Å²) >= 11 is 0. The van der Waals surface area contributed by atoms with Crippen molar-refractivity contribution in [2.75, 3.05) is 6.61 Å². The standard InChI is InChI=1S/C25H45NO6/c1-15(2)11-18(26-24(28)32-25(6,7)8)14-29-21-13-22(27)31-23(21)30-20-12-17(5)9-10-19(20)16(3)4/h15-21,23H,9-14H2,1-8H3,(H,26,28)/t17-,18+,19+,20?,21-,23-/m1/s1. The zero-order chi connectivity index (χ0) is 24.1. The molecule has 1 saturated carbocycles. The van der Waals surface area contributed by atoms with E-state index in [1.54, 1.807) is 0 Å². The second-order valence-corrected chi connectivity index (χ2v) is 11.4. The normalized spacial score (nSPS) is 29.8. The van der Waals surface area contributed by atoms with Crippen molar-refractivity contribution in [3.8, 4) is 0 Å². The molecule has 2 fully saturated rings. The minimum absolute atomic E-state index is 0.0621. The number of alkyl carbamates (subject to hydrolysis) is 1. The molecule has 0 aromatic heterocycles. The number of carbonyl (C=O) groups excluding carboxylic acids is 2. The zero-order valence-corrected chi connectivity index (χ0v) is 21.3. The summed E-state index contributed by atoms with van der Waals surface area (Å²) in [6, 6.07) is -0.223. The number of hydrogen-bond acceptors (Lipinski definition) is 6. The van der Waals surface area contributed by atoms with Crippen molar-refractivity contribution < 1.29 is 28.5 Å². The van der Waals surface area contributed by atoms with E-state index < -0.39 is 24.1 Å². The maximum absolute atomic E-state index is 12.3. The number of hydrogen-bond donors (Lipinski definition) is 1. The SMILES string of the molecule is CC(C)C[C@@H](CO[C@@H]1CC(=O)O[C@H]1OC1C[C@H](C)CC[C@H]1C(C)C)NC(=O)OC(C)(C)C. The first kappa shape index (κ1) is 26.9. The third-order valence-corrected chi connectivity index (χ3v) is 6.18. The van der Waals surface area contributed by atoms with E-state index in [4.69, 9.17) is 18.9 Å². The fourth-order valence-corrected chi connectivity index (χ4v) is 4.66. The Bertz CT molecular complexity index is 614. The van der Waals surface area contributed by atoms with Crippen LogP contribution in [0.3, 0.4) is 0 Å². The van der Waals surface area contributed by atoms with E-state index in [-0.39, 0.29) is 31.1 Å². The molecule has 2 rings (SSSR count). The molecule has 1 unspecified atom stereocenters. The van der Waals surface area contributed by atoms with Gasteiger partial charge in [0.05, 0.1) is 25.2 Å². The van der Waals surface area contributed by atoms with Crippen LogP contribution in [0.15, 0.2) is 0 Å². The molecule has 0 bridgehead atoms. The summed E-state index contributed by atoms with van der Waals surface area (Å²) in [6.45, 7) is 16.7. The van der Waals surface area contributed by atoms with Crippen LogP contribution in [0.2, 0.25) is 0 Å².